The Bertz CT molecular complexity index is 410. The zero-order chi connectivity index (χ0) is 14.4. The third-order valence-corrected chi connectivity index (χ3v) is 5.34. The van der Waals surface area contributed by atoms with Gasteiger partial charge in [0.1, 0.15) is 11.6 Å². The van der Waals surface area contributed by atoms with Crippen molar-refractivity contribution in [2.75, 3.05) is 12.4 Å². The van der Waals surface area contributed by atoms with Crippen LogP contribution in [0, 0.1) is 9.49 Å². The lowest BCUT2D eigenvalue weighted by molar-refractivity contribution is 0.629. The summed E-state index contributed by atoms with van der Waals surface area (Å²) in [4.78, 5) is 9.36. The average Bonchev–Trinajstić information content (AvgIpc) is 2.38. The minimum absolute atomic E-state index is 0.614. The number of hydrogen-bond donors (Lipinski definition) is 1. The molecule has 0 aliphatic rings. The van der Waals surface area contributed by atoms with Gasteiger partial charge in [-0.05, 0) is 41.4 Å². The van der Waals surface area contributed by atoms with Gasteiger partial charge < -0.3 is 5.32 Å². The first kappa shape index (κ1) is 17.0. The summed E-state index contributed by atoms with van der Waals surface area (Å²) >= 11 is 4.27. The Morgan fingerprint density at radius 3 is 2.47 bits per heavy atom. The third-order valence-electron chi connectivity index (χ3n) is 2.88. The molecule has 1 heterocycles. The van der Waals surface area contributed by atoms with Crippen molar-refractivity contribution in [3.8, 4) is 0 Å². The summed E-state index contributed by atoms with van der Waals surface area (Å²) in [5.74, 6) is 3.42. The van der Waals surface area contributed by atoms with Gasteiger partial charge in [0.2, 0.25) is 0 Å². The van der Waals surface area contributed by atoms with Crippen LogP contribution in [0.3, 0.4) is 0 Å². The van der Waals surface area contributed by atoms with Crippen LogP contribution in [0.15, 0.2) is 0 Å². The number of nitrogens with zero attached hydrogens (tertiary/aromatic N) is 2. The van der Waals surface area contributed by atoms with Crippen molar-refractivity contribution in [3.63, 3.8) is 0 Å². The lowest BCUT2D eigenvalue weighted by Gasteiger charge is -2.13. The summed E-state index contributed by atoms with van der Waals surface area (Å²) in [6.45, 7) is 8.93. The fraction of sp³-hybridized carbons (Fsp3) is 0.714. The van der Waals surface area contributed by atoms with E-state index in [0.717, 1.165) is 27.4 Å². The van der Waals surface area contributed by atoms with E-state index in [9.17, 15) is 0 Å². The van der Waals surface area contributed by atoms with E-state index >= 15 is 0 Å². The van der Waals surface area contributed by atoms with Crippen molar-refractivity contribution < 1.29 is 0 Å². The van der Waals surface area contributed by atoms with Gasteiger partial charge in [-0.15, -0.1) is 0 Å². The molecule has 0 bridgehead atoms. The molecule has 0 saturated heterocycles. The highest BCUT2D eigenvalue weighted by Gasteiger charge is 2.13. The molecule has 0 aliphatic heterocycles. The van der Waals surface area contributed by atoms with E-state index in [0.29, 0.717) is 11.2 Å². The van der Waals surface area contributed by atoms with Crippen LogP contribution in [0.25, 0.3) is 0 Å². The minimum Gasteiger partial charge on any atom is -0.372 e. The van der Waals surface area contributed by atoms with E-state index in [1.807, 2.05) is 18.8 Å². The van der Waals surface area contributed by atoms with Gasteiger partial charge in [-0.1, -0.05) is 27.7 Å². The molecule has 0 aliphatic carbocycles. The molecule has 1 rings (SSSR count). The summed E-state index contributed by atoms with van der Waals surface area (Å²) in [7, 11) is 1.93. The zero-order valence-electron chi connectivity index (χ0n) is 12.5. The predicted octanol–water partition coefficient (Wildman–Crippen LogP) is 4.35. The number of rotatable bonds is 7. The molecular weight excluding hydrogens is 369 g/mol. The van der Waals surface area contributed by atoms with Crippen LogP contribution in [0.4, 0.5) is 5.82 Å². The van der Waals surface area contributed by atoms with E-state index in [-0.39, 0.29) is 0 Å². The number of aromatic nitrogens is 2. The van der Waals surface area contributed by atoms with Crippen molar-refractivity contribution in [2.24, 2.45) is 5.92 Å². The van der Waals surface area contributed by atoms with Crippen LogP contribution >= 0.6 is 34.4 Å². The molecule has 0 spiro atoms. The van der Waals surface area contributed by atoms with E-state index in [2.05, 4.69) is 60.6 Å². The summed E-state index contributed by atoms with van der Waals surface area (Å²) < 4.78 is 1.16. The molecule has 5 heteroatoms. The molecule has 0 fully saturated rings. The second-order valence-electron chi connectivity index (χ2n) is 5.13. The number of hydrogen-bond acceptors (Lipinski definition) is 4. The van der Waals surface area contributed by atoms with Gasteiger partial charge in [-0.2, -0.15) is 11.8 Å². The van der Waals surface area contributed by atoms with Crippen LogP contribution in [-0.4, -0.2) is 22.3 Å². The fourth-order valence-corrected chi connectivity index (χ4v) is 3.16. The zero-order valence-corrected chi connectivity index (χ0v) is 15.4. The highest BCUT2D eigenvalue weighted by atomic mass is 127. The number of anilines is 1. The molecule has 108 valence electrons. The molecule has 1 aromatic rings. The largest absolute Gasteiger partial charge is 0.372 e. The van der Waals surface area contributed by atoms with Gasteiger partial charge in [-0.3, -0.25) is 0 Å². The number of nitrogens with one attached hydrogen (secondary N) is 1. The summed E-state index contributed by atoms with van der Waals surface area (Å²) in [5, 5.41) is 3.84. The normalized spacial score (nSPS) is 12.8. The third kappa shape index (κ3) is 5.45. The SMILES string of the molecule is CCC(C)SCc1nc(CC(C)C)c(I)c(NC)n1. The molecule has 1 atom stereocenters. The summed E-state index contributed by atoms with van der Waals surface area (Å²) in [6.07, 6.45) is 2.20. The maximum Gasteiger partial charge on any atom is 0.143 e. The quantitative estimate of drug-likeness (QED) is 0.699. The van der Waals surface area contributed by atoms with E-state index in [1.54, 1.807) is 0 Å². The highest BCUT2D eigenvalue weighted by Crippen LogP contribution is 2.24. The van der Waals surface area contributed by atoms with E-state index < -0.39 is 0 Å². The molecule has 0 aromatic carbocycles. The number of halogens is 1. The lowest BCUT2D eigenvalue weighted by Crippen LogP contribution is -2.09. The number of thioether (sulfide) groups is 1. The Kier molecular flexibility index (Phi) is 7.42. The first-order chi connectivity index (χ1) is 8.97. The Labute approximate surface area is 134 Å². The van der Waals surface area contributed by atoms with Gasteiger partial charge in [0.05, 0.1) is 15.0 Å². The first-order valence-electron chi connectivity index (χ1n) is 6.82. The van der Waals surface area contributed by atoms with E-state index in [4.69, 9.17) is 4.98 Å². The Morgan fingerprint density at radius 1 is 1.26 bits per heavy atom. The molecule has 1 N–H and O–H groups in total. The van der Waals surface area contributed by atoms with Crippen LogP contribution in [-0.2, 0) is 12.2 Å². The molecule has 0 radical (unpaired) electrons. The van der Waals surface area contributed by atoms with Gasteiger partial charge in [0, 0.05) is 12.3 Å². The van der Waals surface area contributed by atoms with Crippen LogP contribution in [0.1, 0.15) is 45.6 Å². The van der Waals surface area contributed by atoms with Gasteiger partial charge in [-0.25, -0.2) is 9.97 Å². The maximum absolute atomic E-state index is 4.75. The maximum atomic E-state index is 4.75. The second kappa shape index (κ2) is 8.29. The summed E-state index contributed by atoms with van der Waals surface area (Å²) in [6, 6.07) is 0. The predicted molar refractivity (Wildman–Crippen MR) is 93.9 cm³/mol. The van der Waals surface area contributed by atoms with Gasteiger partial charge in [0.15, 0.2) is 0 Å². The van der Waals surface area contributed by atoms with Gasteiger partial charge in [0.25, 0.3) is 0 Å². The Morgan fingerprint density at radius 2 is 1.95 bits per heavy atom. The van der Waals surface area contributed by atoms with Crippen LogP contribution in [0.5, 0.6) is 0 Å². The Hall–Kier alpha value is -0.0400. The van der Waals surface area contributed by atoms with E-state index in [1.165, 1.54) is 12.1 Å². The second-order valence-corrected chi connectivity index (χ2v) is 7.63. The fourth-order valence-electron chi connectivity index (χ4n) is 1.63. The van der Waals surface area contributed by atoms with Crippen molar-refractivity contribution >= 4 is 40.2 Å². The highest BCUT2D eigenvalue weighted by molar-refractivity contribution is 14.1. The first-order valence-corrected chi connectivity index (χ1v) is 8.95. The van der Waals surface area contributed by atoms with Crippen molar-refractivity contribution in [1.29, 1.82) is 0 Å². The molecule has 0 saturated carbocycles. The van der Waals surface area contributed by atoms with Crippen molar-refractivity contribution in [3.05, 3.63) is 15.1 Å². The molecule has 19 heavy (non-hydrogen) atoms. The Balaban J connectivity index is 2.92. The standard InChI is InChI=1S/C14H24IN3S/c1-6-10(4)19-8-12-17-11(7-9(2)3)13(15)14(16-5)18-12/h9-10H,6-8H2,1-5H3,(H,16,17,18). The molecule has 0 amide bonds. The molecule has 3 nitrogen and oxygen atoms in total. The molecule has 1 aromatic heterocycles. The average molecular weight is 393 g/mol. The van der Waals surface area contributed by atoms with Crippen LogP contribution < -0.4 is 5.32 Å². The smallest absolute Gasteiger partial charge is 0.143 e. The molecule has 1 unspecified atom stereocenters. The topological polar surface area (TPSA) is 37.8 Å². The van der Waals surface area contributed by atoms with Gasteiger partial charge >= 0.3 is 0 Å². The van der Waals surface area contributed by atoms with Crippen molar-refractivity contribution in [1.82, 2.24) is 9.97 Å². The van der Waals surface area contributed by atoms with Crippen LogP contribution in [0.2, 0.25) is 0 Å². The molecular formula is C14H24IN3S. The van der Waals surface area contributed by atoms with Crippen molar-refractivity contribution in [2.45, 2.75) is 51.5 Å². The monoisotopic (exact) mass is 393 g/mol. The lowest BCUT2D eigenvalue weighted by atomic mass is 10.1. The minimum atomic E-state index is 0.614. The summed E-state index contributed by atoms with van der Waals surface area (Å²) in [5.41, 5.74) is 1.18.